The summed E-state index contributed by atoms with van der Waals surface area (Å²) in [7, 11) is 1.58. The maximum atomic E-state index is 13.1. The SMILES string of the molecule is CC1CN(C(=O)c2ccco2)c2cc(B3OC(C)(C)C(C)(C)O3)ccc2N1C. The molecule has 0 bridgehead atoms. The van der Waals surface area contributed by atoms with E-state index < -0.39 is 18.3 Å². The standard InChI is InChI=1S/C21H27BN2O4/c1-14-13-24(19(25)18-8-7-11-26-18)17-12-15(9-10-16(17)23(14)6)22-27-20(2,3)21(4,5)28-22/h7-12,14H,13H2,1-6H3. The molecule has 7 heteroatoms. The summed E-state index contributed by atoms with van der Waals surface area (Å²) >= 11 is 0. The van der Waals surface area contributed by atoms with Crippen LogP contribution in [-0.2, 0) is 9.31 Å². The molecule has 1 aromatic carbocycles. The van der Waals surface area contributed by atoms with Crippen LogP contribution in [0.1, 0.15) is 45.2 Å². The van der Waals surface area contributed by atoms with Crippen LogP contribution in [0.5, 0.6) is 0 Å². The second-order valence-corrected chi connectivity index (χ2v) is 8.69. The fraction of sp³-hybridized carbons (Fsp3) is 0.476. The van der Waals surface area contributed by atoms with Gasteiger partial charge in [0, 0.05) is 19.6 Å². The molecular formula is C21H27BN2O4. The van der Waals surface area contributed by atoms with Crippen molar-refractivity contribution in [2.24, 2.45) is 0 Å². The number of likely N-dealkylation sites (N-methyl/N-ethyl adjacent to an activating group) is 1. The Morgan fingerprint density at radius 1 is 1.11 bits per heavy atom. The minimum absolute atomic E-state index is 0.141. The largest absolute Gasteiger partial charge is 0.494 e. The van der Waals surface area contributed by atoms with Crippen LogP contribution < -0.4 is 15.3 Å². The first kappa shape index (κ1) is 19.1. The lowest BCUT2D eigenvalue weighted by molar-refractivity contribution is 0.00578. The Morgan fingerprint density at radius 3 is 2.39 bits per heavy atom. The number of fused-ring (bicyclic) bond motifs is 1. The van der Waals surface area contributed by atoms with E-state index in [2.05, 4.69) is 11.8 Å². The van der Waals surface area contributed by atoms with E-state index in [0.29, 0.717) is 12.3 Å². The van der Waals surface area contributed by atoms with Crippen LogP contribution in [-0.4, -0.2) is 43.9 Å². The molecule has 2 aliphatic heterocycles. The molecule has 1 unspecified atom stereocenters. The summed E-state index contributed by atoms with van der Waals surface area (Å²) in [6.45, 7) is 10.8. The van der Waals surface area contributed by atoms with Crippen LogP contribution in [0.25, 0.3) is 0 Å². The Bertz CT molecular complexity index is 878. The molecule has 2 aromatic rings. The third kappa shape index (κ3) is 2.93. The van der Waals surface area contributed by atoms with Crippen LogP contribution in [0.3, 0.4) is 0 Å². The summed E-state index contributed by atoms with van der Waals surface area (Å²) in [4.78, 5) is 17.0. The van der Waals surface area contributed by atoms with E-state index in [-0.39, 0.29) is 11.9 Å². The zero-order valence-electron chi connectivity index (χ0n) is 17.4. The van der Waals surface area contributed by atoms with Crippen molar-refractivity contribution in [3.8, 4) is 0 Å². The van der Waals surface area contributed by atoms with Crippen LogP contribution >= 0.6 is 0 Å². The molecule has 1 aromatic heterocycles. The normalized spacial score (nSPS) is 23.1. The second-order valence-electron chi connectivity index (χ2n) is 8.69. The molecule has 1 amide bonds. The number of hydrogen-bond acceptors (Lipinski definition) is 5. The first-order valence-electron chi connectivity index (χ1n) is 9.68. The molecule has 1 saturated heterocycles. The first-order chi connectivity index (χ1) is 13.1. The lowest BCUT2D eigenvalue weighted by atomic mass is 9.78. The Balaban J connectivity index is 1.73. The van der Waals surface area contributed by atoms with E-state index in [0.717, 1.165) is 16.8 Å². The van der Waals surface area contributed by atoms with Gasteiger partial charge in [-0.2, -0.15) is 0 Å². The van der Waals surface area contributed by atoms with Gasteiger partial charge < -0.3 is 23.5 Å². The minimum atomic E-state index is -0.472. The number of hydrogen-bond donors (Lipinski definition) is 0. The second kappa shape index (κ2) is 6.39. The van der Waals surface area contributed by atoms with Crippen LogP contribution in [0.4, 0.5) is 11.4 Å². The summed E-state index contributed by atoms with van der Waals surface area (Å²) in [6.07, 6.45) is 1.52. The van der Waals surface area contributed by atoms with Gasteiger partial charge in [0.15, 0.2) is 5.76 Å². The maximum absolute atomic E-state index is 13.1. The number of rotatable bonds is 2. The van der Waals surface area contributed by atoms with Gasteiger partial charge in [-0.3, -0.25) is 4.79 Å². The van der Waals surface area contributed by atoms with Gasteiger partial charge >= 0.3 is 7.12 Å². The molecule has 0 spiro atoms. The highest BCUT2D eigenvalue weighted by molar-refractivity contribution is 6.62. The molecule has 148 valence electrons. The molecule has 6 nitrogen and oxygen atoms in total. The molecule has 1 atom stereocenters. The molecule has 2 aliphatic rings. The van der Waals surface area contributed by atoms with Crippen molar-refractivity contribution in [2.75, 3.05) is 23.4 Å². The van der Waals surface area contributed by atoms with Crippen molar-refractivity contribution < 1.29 is 18.5 Å². The number of benzene rings is 1. The van der Waals surface area contributed by atoms with E-state index in [4.69, 9.17) is 13.7 Å². The molecule has 0 saturated carbocycles. The predicted molar refractivity (Wildman–Crippen MR) is 110 cm³/mol. The third-order valence-electron chi connectivity index (χ3n) is 6.28. The third-order valence-corrected chi connectivity index (χ3v) is 6.28. The van der Waals surface area contributed by atoms with Gasteiger partial charge in [0.25, 0.3) is 5.91 Å². The van der Waals surface area contributed by atoms with Gasteiger partial charge in [-0.05, 0) is 64.3 Å². The molecule has 0 aliphatic carbocycles. The minimum Gasteiger partial charge on any atom is -0.459 e. The summed E-state index contributed by atoms with van der Waals surface area (Å²) in [6, 6.07) is 9.67. The number of anilines is 2. The van der Waals surface area contributed by atoms with E-state index in [9.17, 15) is 4.79 Å². The molecular weight excluding hydrogens is 355 g/mol. The summed E-state index contributed by atoms with van der Waals surface area (Å²) in [5.41, 5.74) is 1.91. The highest BCUT2D eigenvalue weighted by Gasteiger charge is 2.52. The Morgan fingerprint density at radius 2 is 1.79 bits per heavy atom. The Labute approximate surface area is 166 Å². The number of carbonyl (C=O) groups is 1. The maximum Gasteiger partial charge on any atom is 0.494 e. The van der Waals surface area contributed by atoms with Crippen molar-refractivity contribution in [3.05, 3.63) is 42.4 Å². The van der Waals surface area contributed by atoms with Crippen molar-refractivity contribution in [2.45, 2.75) is 51.9 Å². The van der Waals surface area contributed by atoms with Gasteiger partial charge in [-0.1, -0.05) is 6.07 Å². The average molecular weight is 382 g/mol. The van der Waals surface area contributed by atoms with Gasteiger partial charge in [0.1, 0.15) is 0 Å². The number of carbonyl (C=O) groups excluding carboxylic acids is 1. The Hall–Kier alpha value is -2.25. The summed E-state index contributed by atoms with van der Waals surface area (Å²) in [5, 5.41) is 0. The molecule has 1 fully saturated rings. The number of nitrogens with zero attached hydrogens (tertiary/aromatic N) is 2. The monoisotopic (exact) mass is 382 g/mol. The fourth-order valence-electron chi connectivity index (χ4n) is 3.63. The van der Waals surface area contributed by atoms with E-state index >= 15 is 0 Å². The predicted octanol–water partition coefficient (Wildman–Crippen LogP) is 3.06. The van der Waals surface area contributed by atoms with Gasteiger partial charge in [-0.15, -0.1) is 0 Å². The number of furan rings is 1. The lowest BCUT2D eigenvalue weighted by Crippen LogP contribution is -2.49. The van der Waals surface area contributed by atoms with Crippen molar-refractivity contribution >= 4 is 29.9 Å². The van der Waals surface area contributed by atoms with E-state index in [1.54, 1.807) is 17.0 Å². The van der Waals surface area contributed by atoms with Crippen molar-refractivity contribution in [1.29, 1.82) is 0 Å². The fourth-order valence-corrected chi connectivity index (χ4v) is 3.63. The van der Waals surface area contributed by atoms with Crippen molar-refractivity contribution in [1.82, 2.24) is 0 Å². The van der Waals surface area contributed by atoms with Gasteiger partial charge in [0.05, 0.1) is 28.8 Å². The van der Waals surface area contributed by atoms with Crippen LogP contribution in [0, 0.1) is 0 Å². The quantitative estimate of drug-likeness (QED) is 0.748. The van der Waals surface area contributed by atoms with Crippen molar-refractivity contribution in [3.63, 3.8) is 0 Å². The van der Waals surface area contributed by atoms with Gasteiger partial charge in [-0.25, -0.2) is 0 Å². The van der Waals surface area contributed by atoms with Gasteiger partial charge in [0.2, 0.25) is 0 Å². The molecule has 4 rings (SSSR count). The summed E-state index contributed by atoms with van der Waals surface area (Å²) < 4.78 is 17.8. The van der Waals surface area contributed by atoms with E-state index in [1.807, 2.05) is 52.9 Å². The van der Waals surface area contributed by atoms with Crippen LogP contribution in [0.15, 0.2) is 41.0 Å². The average Bonchev–Trinajstić information content (AvgIpc) is 3.24. The molecule has 3 heterocycles. The Kier molecular flexibility index (Phi) is 4.36. The topological polar surface area (TPSA) is 55.2 Å². The lowest BCUT2D eigenvalue weighted by Gasteiger charge is -2.40. The zero-order valence-corrected chi connectivity index (χ0v) is 17.4. The molecule has 0 N–H and O–H groups in total. The van der Waals surface area contributed by atoms with Crippen LogP contribution in [0.2, 0.25) is 0 Å². The highest BCUT2D eigenvalue weighted by atomic mass is 16.7. The molecule has 0 radical (unpaired) electrons. The van der Waals surface area contributed by atoms with E-state index in [1.165, 1.54) is 6.26 Å². The smallest absolute Gasteiger partial charge is 0.459 e. The molecule has 28 heavy (non-hydrogen) atoms. The zero-order chi connectivity index (χ0) is 20.3. The highest BCUT2D eigenvalue weighted by Crippen LogP contribution is 2.38. The number of amides is 1. The summed E-state index contributed by atoms with van der Waals surface area (Å²) in [5.74, 6) is 0.195. The first-order valence-corrected chi connectivity index (χ1v) is 9.68.